The number of fused-ring (bicyclic) bond motifs is 4. The largest absolute Gasteiger partial charge is 0.444 e. The predicted octanol–water partition coefficient (Wildman–Crippen LogP) is 10.2. The molecule has 2 saturated heterocycles. The molecule has 10 rings (SSSR count). The van der Waals surface area contributed by atoms with Gasteiger partial charge in [0.15, 0.2) is 11.3 Å². The number of likely N-dealkylation sites (tertiary alicyclic amines) is 2. The maximum absolute atomic E-state index is 13.4. The van der Waals surface area contributed by atoms with E-state index in [1.54, 1.807) is 31.3 Å². The molecule has 346 valence electrons. The summed E-state index contributed by atoms with van der Waals surface area (Å²) in [6.07, 6.45) is 5.64. The standard InChI is InChI=1S/C27H30N4O3.C26H28N4O3/c1-27(2,3)34-26(33)30-15-12-21(13-16-30)31-24-23(29(4)25(31)32)22(11-14-28-24)20-10-9-18-7-5-6-8-19(18)17-20;1-26(2,3)33-25(32)29-14-11-20(12-15-29)30-23-22(28-24(30)31)21(10-13-27-23)19-9-8-17-6-4-5-7-18(17)16-19/h5-11,14,17,21H,12-13,15-16H2,1-4H3;4-10,13,16,20H,11-12,14-15H2,1-3H3,(H,28,31). The van der Waals surface area contributed by atoms with Crippen molar-refractivity contribution in [3.8, 4) is 22.3 Å². The molecular formula is C53H58N8O6. The molecule has 4 aromatic carbocycles. The average Bonchev–Trinajstić information content (AvgIpc) is 3.79. The molecule has 67 heavy (non-hydrogen) atoms. The number of nitrogens with one attached hydrogen (secondary N) is 1. The Balaban J connectivity index is 0.000000168. The third-order valence-corrected chi connectivity index (χ3v) is 12.7. The van der Waals surface area contributed by atoms with Crippen LogP contribution in [0.5, 0.6) is 0 Å². The molecule has 2 fully saturated rings. The number of ether oxygens (including phenoxy) is 2. The lowest BCUT2D eigenvalue weighted by Crippen LogP contribution is -2.43. The van der Waals surface area contributed by atoms with E-state index in [9.17, 15) is 19.2 Å². The molecule has 2 aliphatic heterocycles. The molecule has 14 heteroatoms. The zero-order valence-electron chi connectivity index (χ0n) is 39.3. The van der Waals surface area contributed by atoms with E-state index in [0.29, 0.717) is 63.2 Å². The van der Waals surface area contributed by atoms with Gasteiger partial charge in [-0.05, 0) is 124 Å². The SMILES string of the molecule is CC(C)(C)OC(=O)N1CCC(n2c(=O)[nH]c3c(-c4ccc5ccccc5c4)ccnc32)CC1.Cn1c(=O)n(C2CCN(C(=O)OC(C)(C)C)CC2)c2nccc(-c3ccc4ccccc4c3)c21. The predicted molar refractivity (Wildman–Crippen MR) is 263 cm³/mol. The maximum atomic E-state index is 13.4. The molecular weight excluding hydrogens is 845 g/mol. The number of piperidine rings is 2. The maximum Gasteiger partial charge on any atom is 0.410 e. The molecule has 2 aliphatic rings. The summed E-state index contributed by atoms with van der Waals surface area (Å²) in [7, 11) is 1.81. The van der Waals surface area contributed by atoms with Crippen LogP contribution in [0.1, 0.15) is 79.3 Å². The Bertz CT molecular complexity index is 3260. The Labute approximate surface area is 388 Å². The molecule has 14 nitrogen and oxygen atoms in total. The van der Waals surface area contributed by atoms with Crippen LogP contribution in [-0.2, 0) is 16.5 Å². The van der Waals surface area contributed by atoms with Gasteiger partial charge < -0.3 is 24.3 Å². The minimum absolute atomic E-state index is 0.0192. The highest BCUT2D eigenvalue weighted by molar-refractivity contribution is 5.96. The average molecular weight is 903 g/mol. The number of imidazole rings is 2. The van der Waals surface area contributed by atoms with Gasteiger partial charge in [-0.15, -0.1) is 0 Å². The van der Waals surface area contributed by atoms with Crippen molar-refractivity contribution in [2.45, 2.75) is 90.5 Å². The van der Waals surface area contributed by atoms with E-state index in [0.717, 1.165) is 44.1 Å². The summed E-state index contributed by atoms with van der Waals surface area (Å²) in [5, 5.41) is 4.66. The highest BCUT2D eigenvalue weighted by Crippen LogP contribution is 2.34. The summed E-state index contributed by atoms with van der Waals surface area (Å²) in [4.78, 5) is 66.9. The lowest BCUT2D eigenvalue weighted by atomic mass is 10.0. The minimum atomic E-state index is -0.524. The third kappa shape index (κ3) is 9.30. The topological polar surface area (TPSA) is 150 Å². The first-order chi connectivity index (χ1) is 32.0. The zero-order valence-corrected chi connectivity index (χ0v) is 39.3. The molecule has 0 radical (unpaired) electrons. The van der Waals surface area contributed by atoms with E-state index in [2.05, 4.69) is 75.6 Å². The van der Waals surface area contributed by atoms with Gasteiger partial charge in [0.1, 0.15) is 11.2 Å². The van der Waals surface area contributed by atoms with Crippen LogP contribution in [-0.4, -0.2) is 88.0 Å². The van der Waals surface area contributed by atoms with Crippen molar-refractivity contribution >= 4 is 56.1 Å². The van der Waals surface area contributed by atoms with Crippen molar-refractivity contribution in [3.05, 3.63) is 130 Å². The van der Waals surface area contributed by atoms with Crippen molar-refractivity contribution in [3.63, 3.8) is 0 Å². The first kappa shape index (κ1) is 45.0. The summed E-state index contributed by atoms with van der Waals surface area (Å²) in [5.41, 5.74) is 5.66. The second-order valence-corrected chi connectivity index (χ2v) is 19.6. The van der Waals surface area contributed by atoms with Gasteiger partial charge >= 0.3 is 23.6 Å². The van der Waals surface area contributed by atoms with E-state index >= 15 is 0 Å². The summed E-state index contributed by atoms with van der Waals surface area (Å²) >= 11 is 0. The molecule has 1 N–H and O–H groups in total. The van der Waals surface area contributed by atoms with E-state index in [1.807, 2.05) is 89.6 Å². The number of pyridine rings is 2. The van der Waals surface area contributed by atoms with Gasteiger partial charge in [-0.3, -0.25) is 13.7 Å². The van der Waals surface area contributed by atoms with Gasteiger partial charge in [-0.25, -0.2) is 29.1 Å². The molecule has 0 unspecified atom stereocenters. The van der Waals surface area contributed by atoms with E-state index in [-0.39, 0.29) is 35.6 Å². The number of nitrogens with zero attached hydrogens (tertiary/aromatic N) is 7. The molecule has 8 aromatic rings. The first-order valence-electron chi connectivity index (χ1n) is 23.1. The number of rotatable bonds is 4. The molecule has 0 spiro atoms. The molecule has 6 heterocycles. The van der Waals surface area contributed by atoms with Crippen molar-refractivity contribution in [2.75, 3.05) is 26.2 Å². The lowest BCUT2D eigenvalue weighted by molar-refractivity contribution is 0.0178. The third-order valence-electron chi connectivity index (χ3n) is 12.7. The highest BCUT2D eigenvalue weighted by atomic mass is 16.6. The van der Waals surface area contributed by atoms with Crippen LogP contribution >= 0.6 is 0 Å². The number of aryl methyl sites for hydroxylation is 1. The van der Waals surface area contributed by atoms with Crippen molar-refractivity contribution in [2.24, 2.45) is 7.05 Å². The number of amides is 2. The normalized spacial score (nSPS) is 15.3. The fourth-order valence-corrected chi connectivity index (χ4v) is 9.44. The Kier molecular flexibility index (Phi) is 12.0. The van der Waals surface area contributed by atoms with Gasteiger partial charge in [0.2, 0.25) is 0 Å². The number of aromatic nitrogens is 6. The first-order valence-corrected chi connectivity index (χ1v) is 23.1. The van der Waals surface area contributed by atoms with Crippen molar-refractivity contribution in [1.29, 1.82) is 0 Å². The van der Waals surface area contributed by atoms with Gasteiger partial charge in [0.05, 0.1) is 11.0 Å². The van der Waals surface area contributed by atoms with Crippen LogP contribution in [0.3, 0.4) is 0 Å². The monoisotopic (exact) mass is 902 g/mol. The van der Waals surface area contributed by atoms with Crippen LogP contribution in [0, 0.1) is 0 Å². The Morgan fingerprint density at radius 1 is 0.582 bits per heavy atom. The smallest absolute Gasteiger partial charge is 0.410 e. The quantitative estimate of drug-likeness (QED) is 0.183. The van der Waals surface area contributed by atoms with Crippen LogP contribution in [0.15, 0.2) is 119 Å². The van der Waals surface area contributed by atoms with Crippen LogP contribution in [0.25, 0.3) is 66.1 Å². The van der Waals surface area contributed by atoms with Crippen molar-refractivity contribution in [1.82, 2.24) is 38.5 Å². The summed E-state index contributed by atoms with van der Waals surface area (Å²) < 4.78 is 16.3. The van der Waals surface area contributed by atoms with E-state index in [4.69, 9.17) is 9.47 Å². The number of hydrogen-bond donors (Lipinski definition) is 1. The minimum Gasteiger partial charge on any atom is -0.444 e. The van der Waals surface area contributed by atoms with E-state index in [1.165, 1.54) is 10.8 Å². The zero-order chi connectivity index (χ0) is 47.2. The Morgan fingerprint density at radius 3 is 1.54 bits per heavy atom. The number of hydrogen-bond acceptors (Lipinski definition) is 8. The summed E-state index contributed by atoms with van der Waals surface area (Å²) in [6, 6.07) is 33.0. The van der Waals surface area contributed by atoms with Gasteiger partial charge in [-0.2, -0.15) is 0 Å². The van der Waals surface area contributed by atoms with Crippen molar-refractivity contribution < 1.29 is 19.1 Å². The fraction of sp³-hybridized carbons (Fsp3) is 0.358. The van der Waals surface area contributed by atoms with Crippen LogP contribution in [0.4, 0.5) is 9.59 Å². The second kappa shape index (κ2) is 17.9. The van der Waals surface area contributed by atoms with Gasteiger partial charge in [0, 0.05) is 68.8 Å². The number of aromatic amines is 1. The number of benzene rings is 4. The van der Waals surface area contributed by atoms with Gasteiger partial charge in [-0.1, -0.05) is 72.8 Å². The molecule has 4 aromatic heterocycles. The van der Waals surface area contributed by atoms with Crippen LogP contribution < -0.4 is 11.4 Å². The summed E-state index contributed by atoms with van der Waals surface area (Å²) in [5.74, 6) is 0. The van der Waals surface area contributed by atoms with Crippen LogP contribution in [0.2, 0.25) is 0 Å². The molecule has 0 atom stereocenters. The molecule has 0 aliphatic carbocycles. The number of carbonyl (C=O) groups is 2. The molecule has 0 saturated carbocycles. The highest BCUT2D eigenvalue weighted by Gasteiger charge is 2.32. The fourth-order valence-electron chi connectivity index (χ4n) is 9.44. The number of H-pyrrole nitrogens is 1. The molecule has 2 amide bonds. The Morgan fingerprint density at radius 2 is 1.03 bits per heavy atom. The second-order valence-electron chi connectivity index (χ2n) is 19.6. The Hall–Kier alpha value is -7.22. The lowest BCUT2D eigenvalue weighted by Gasteiger charge is -2.33. The summed E-state index contributed by atoms with van der Waals surface area (Å²) in [6.45, 7) is 13.4. The van der Waals surface area contributed by atoms with E-state index < -0.39 is 11.2 Å². The molecule has 0 bridgehead atoms. The number of carbonyl (C=O) groups excluding carboxylic acids is 2. The van der Waals surface area contributed by atoms with Gasteiger partial charge in [0.25, 0.3) is 0 Å².